The highest BCUT2D eigenvalue weighted by molar-refractivity contribution is 6.20. The van der Waals surface area contributed by atoms with Crippen LogP contribution in [0.1, 0.15) is 0 Å². The number of aromatic amines is 1. The van der Waals surface area contributed by atoms with Gasteiger partial charge in [-0.05, 0) is 42.5 Å². The van der Waals surface area contributed by atoms with Crippen LogP contribution in [0, 0.1) is 11.6 Å². The number of fused-ring (bicyclic) bond motifs is 6. The molecule has 0 aliphatic heterocycles. The maximum absolute atomic E-state index is 14.2. The first kappa shape index (κ1) is 14.0. The van der Waals surface area contributed by atoms with E-state index in [1.54, 1.807) is 12.4 Å². The highest BCUT2D eigenvalue weighted by atomic mass is 19.1. The molecule has 2 aromatic carbocycles. The lowest BCUT2D eigenvalue weighted by molar-refractivity contribution is 0.602. The van der Waals surface area contributed by atoms with Crippen LogP contribution in [0.4, 0.5) is 8.78 Å². The largest absolute Gasteiger partial charge is 0.337 e. The maximum atomic E-state index is 14.2. The molecule has 5 rings (SSSR count). The van der Waals surface area contributed by atoms with Crippen molar-refractivity contribution in [3.63, 3.8) is 0 Å². The van der Waals surface area contributed by atoms with Gasteiger partial charge in [-0.3, -0.25) is 9.97 Å². The van der Waals surface area contributed by atoms with Gasteiger partial charge in [0.05, 0.1) is 27.6 Å². The predicted octanol–water partition coefficient (Wildman–Crippen LogP) is 4.60. The summed E-state index contributed by atoms with van der Waals surface area (Å²) in [6, 6.07) is 10.7. The van der Waals surface area contributed by atoms with Crippen molar-refractivity contribution in [2.75, 3.05) is 0 Å². The molecule has 0 bridgehead atoms. The number of rotatable bonds is 1. The number of halogens is 2. The molecule has 0 aliphatic carbocycles. The first-order valence-corrected chi connectivity index (χ1v) is 7.69. The molecule has 120 valence electrons. The Balaban J connectivity index is 1.96. The van der Waals surface area contributed by atoms with Crippen molar-refractivity contribution < 1.29 is 8.78 Å². The molecule has 3 aromatic heterocycles. The van der Waals surface area contributed by atoms with Gasteiger partial charge in [-0.25, -0.2) is 13.8 Å². The lowest BCUT2D eigenvalue weighted by Crippen LogP contribution is -1.88. The Morgan fingerprint density at radius 1 is 0.800 bits per heavy atom. The van der Waals surface area contributed by atoms with E-state index in [9.17, 15) is 8.78 Å². The summed E-state index contributed by atoms with van der Waals surface area (Å²) in [5.74, 6) is -0.784. The van der Waals surface area contributed by atoms with Crippen molar-refractivity contribution in [1.29, 1.82) is 0 Å². The topological polar surface area (TPSA) is 54.5 Å². The fourth-order valence-corrected chi connectivity index (χ4v) is 3.15. The molecule has 0 atom stereocenters. The van der Waals surface area contributed by atoms with Crippen molar-refractivity contribution in [2.45, 2.75) is 0 Å². The third-order valence-corrected chi connectivity index (χ3v) is 4.25. The molecular formula is C19H10F2N4. The minimum Gasteiger partial charge on any atom is -0.337 e. The number of benzene rings is 2. The average molecular weight is 332 g/mol. The molecule has 1 N–H and O–H groups in total. The summed E-state index contributed by atoms with van der Waals surface area (Å²) in [6.07, 6.45) is 3.40. The van der Waals surface area contributed by atoms with Crippen molar-refractivity contribution >= 4 is 32.8 Å². The van der Waals surface area contributed by atoms with Gasteiger partial charge in [0, 0.05) is 23.2 Å². The van der Waals surface area contributed by atoms with Gasteiger partial charge >= 0.3 is 0 Å². The zero-order valence-corrected chi connectivity index (χ0v) is 12.8. The molecule has 0 aliphatic rings. The van der Waals surface area contributed by atoms with Gasteiger partial charge in [-0.1, -0.05) is 0 Å². The van der Waals surface area contributed by atoms with Crippen LogP contribution in [0.15, 0.2) is 54.9 Å². The SMILES string of the molecule is Fc1ccc(F)c(-c2nc3c4cccnc4c4ncccc4c3[nH]2)c1. The van der Waals surface area contributed by atoms with E-state index in [0.29, 0.717) is 5.52 Å². The predicted molar refractivity (Wildman–Crippen MR) is 92.0 cm³/mol. The quantitative estimate of drug-likeness (QED) is 0.456. The Morgan fingerprint density at radius 3 is 2.32 bits per heavy atom. The van der Waals surface area contributed by atoms with Gasteiger partial charge in [-0.2, -0.15) is 0 Å². The fraction of sp³-hybridized carbons (Fsp3) is 0. The van der Waals surface area contributed by atoms with E-state index in [2.05, 4.69) is 19.9 Å². The zero-order valence-electron chi connectivity index (χ0n) is 12.8. The Bertz CT molecular complexity index is 1200. The molecular weight excluding hydrogens is 322 g/mol. The average Bonchev–Trinajstić information content (AvgIpc) is 3.09. The molecule has 0 saturated heterocycles. The number of hydrogen-bond acceptors (Lipinski definition) is 3. The summed E-state index contributed by atoms with van der Waals surface area (Å²) >= 11 is 0. The minimum atomic E-state index is -0.537. The second-order valence-corrected chi connectivity index (χ2v) is 5.73. The van der Waals surface area contributed by atoms with Crippen LogP contribution in [-0.4, -0.2) is 19.9 Å². The maximum Gasteiger partial charge on any atom is 0.141 e. The fourth-order valence-electron chi connectivity index (χ4n) is 3.15. The molecule has 6 heteroatoms. The van der Waals surface area contributed by atoms with Gasteiger partial charge < -0.3 is 4.98 Å². The standard InChI is InChI=1S/C19H10F2N4/c20-10-5-6-14(21)13(9-10)19-24-17-11-3-1-7-22-15(11)16-12(18(17)25-19)4-2-8-23-16/h1-9H,(H,24,25). The van der Waals surface area contributed by atoms with E-state index >= 15 is 0 Å². The second kappa shape index (κ2) is 5.04. The zero-order chi connectivity index (χ0) is 17.0. The summed E-state index contributed by atoms with van der Waals surface area (Å²) in [5.41, 5.74) is 2.93. The highest BCUT2D eigenvalue weighted by Gasteiger charge is 2.17. The lowest BCUT2D eigenvalue weighted by atomic mass is 10.1. The van der Waals surface area contributed by atoms with Crippen LogP contribution in [0.3, 0.4) is 0 Å². The molecule has 25 heavy (non-hydrogen) atoms. The molecule has 4 nitrogen and oxygen atoms in total. The van der Waals surface area contributed by atoms with Crippen molar-refractivity contribution in [3.05, 3.63) is 66.5 Å². The highest BCUT2D eigenvalue weighted by Crippen LogP contribution is 2.33. The van der Waals surface area contributed by atoms with Gasteiger partial charge in [0.2, 0.25) is 0 Å². The molecule has 0 radical (unpaired) electrons. The van der Waals surface area contributed by atoms with Crippen LogP contribution >= 0.6 is 0 Å². The molecule has 0 fully saturated rings. The van der Waals surface area contributed by atoms with Crippen molar-refractivity contribution in [1.82, 2.24) is 19.9 Å². The van der Waals surface area contributed by atoms with Crippen LogP contribution in [0.25, 0.3) is 44.2 Å². The van der Waals surface area contributed by atoms with E-state index in [1.807, 2.05) is 24.3 Å². The number of imidazole rings is 1. The third-order valence-electron chi connectivity index (χ3n) is 4.25. The Hall–Kier alpha value is -3.41. The number of pyridine rings is 2. The van der Waals surface area contributed by atoms with E-state index < -0.39 is 11.6 Å². The van der Waals surface area contributed by atoms with Gasteiger partial charge in [0.1, 0.15) is 17.5 Å². The molecule has 5 aromatic rings. The van der Waals surface area contributed by atoms with Gasteiger partial charge in [-0.15, -0.1) is 0 Å². The Labute approximate surface area is 140 Å². The van der Waals surface area contributed by atoms with Crippen LogP contribution in [0.5, 0.6) is 0 Å². The van der Waals surface area contributed by atoms with Crippen molar-refractivity contribution in [3.8, 4) is 11.4 Å². The Kier molecular flexibility index (Phi) is 2.82. The summed E-state index contributed by atoms with van der Waals surface area (Å²) < 4.78 is 27.7. The first-order valence-electron chi connectivity index (χ1n) is 7.69. The monoisotopic (exact) mass is 332 g/mol. The minimum absolute atomic E-state index is 0.0882. The van der Waals surface area contributed by atoms with Crippen molar-refractivity contribution in [2.24, 2.45) is 0 Å². The number of aromatic nitrogens is 4. The number of hydrogen-bond donors (Lipinski definition) is 1. The van der Waals surface area contributed by atoms with E-state index in [4.69, 9.17) is 0 Å². The normalized spacial score (nSPS) is 11.6. The smallest absolute Gasteiger partial charge is 0.141 e. The summed E-state index contributed by atoms with van der Waals surface area (Å²) in [4.78, 5) is 16.5. The van der Waals surface area contributed by atoms with E-state index in [1.165, 1.54) is 0 Å². The first-order chi connectivity index (χ1) is 12.2. The van der Waals surface area contributed by atoms with Crippen LogP contribution in [0.2, 0.25) is 0 Å². The summed E-state index contributed by atoms with van der Waals surface area (Å²) in [5, 5.41) is 1.64. The molecule has 3 heterocycles. The molecule has 0 unspecified atom stereocenters. The number of H-pyrrole nitrogens is 1. The van der Waals surface area contributed by atoms with E-state index in [0.717, 1.165) is 45.5 Å². The third kappa shape index (κ3) is 2.00. The molecule has 0 amide bonds. The van der Waals surface area contributed by atoms with Crippen LogP contribution in [-0.2, 0) is 0 Å². The van der Waals surface area contributed by atoms with E-state index in [-0.39, 0.29) is 11.4 Å². The number of nitrogens with one attached hydrogen (secondary N) is 1. The number of nitrogens with zero attached hydrogens (tertiary/aromatic N) is 3. The second-order valence-electron chi connectivity index (χ2n) is 5.73. The summed E-state index contributed by atoms with van der Waals surface area (Å²) in [7, 11) is 0. The molecule has 0 saturated carbocycles. The van der Waals surface area contributed by atoms with Gasteiger partial charge in [0.25, 0.3) is 0 Å². The summed E-state index contributed by atoms with van der Waals surface area (Å²) in [6.45, 7) is 0. The van der Waals surface area contributed by atoms with Gasteiger partial charge in [0.15, 0.2) is 0 Å². The molecule has 0 spiro atoms. The Morgan fingerprint density at radius 2 is 1.52 bits per heavy atom. The lowest BCUT2D eigenvalue weighted by Gasteiger charge is -2.03. The van der Waals surface area contributed by atoms with Crippen LogP contribution < -0.4 is 0 Å².